The average Bonchev–Trinajstić information content (AvgIpc) is 3.50. The average molecular weight is 430 g/mol. The van der Waals surface area contributed by atoms with Crippen molar-refractivity contribution in [3.8, 4) is 0 Å². The minimum atomic E-state index is -3.52. The van der Waals surface area contributed by atoms with Crippen LogP contribution in [0.15, 0.2) is 58.2 Å². The predicted molar refractivity (Wildman–Crippen MR) is 113 cm³/mol. The number of imidazole rings is 1. The van der Waals surface area contributed by atoms with Crippen molar-refractivity contribution in [1.29, 1.82) is 0 Å². The van der Waals surface area contributed by atoms with E-state index < -0.39 is 15.9 Å². The van der Waals surface area contributed by atoms with E-state index in [1.165, 1.54) is 16.7 Å². The molecule has 0 bridgehead atoms. The van der Waals surface area contributed by atoms with Gasteiger partial charge >= 0.3 is 5.69 Å². The van der Waals surface area contributed by atoms with Gasteiger partial charge in [0.1, 0.15) is 6.54 Å². The summed E-state index contributed by atoms with van der Waals surface area (Å²) in [6.45, 7) is 2.25. The summed E-state index contributed by atoms with van der Waals surface area (Å²) in [6.07, 6.45) is 1.73. The SMILES string of the molecule is CCn1c(=O)n(CC(=O)NNc2ccc(S(=O)(=O)NC3CC3)cc2)c2ccccc21. The van der Waals surface area contributed by atoms with Crippen LogP contribution in [0, 0.1) is 0 Å². The second kappa shape index (κ2) is 7.96. The fourth-order valence-electron chi connectivity index (χ4n) is 3.26. The van der Waals surface area contributed by atoms with Gasteiger partial charge in [-0.15, -0.1) is 0 Å². The maximum Gasteiger partial charge on any atom is 0.329 e. The molecule has 3 aromatic rings. The first-order valence-corrected chi connectivity index (χ1v) is 11.2. The molecule has 1 fully saturated rings. The highest BCUT2D eigenvalue weighted by atomic mass is 32.2. The van der Waals surface area contributed by atoms with Crippen molar-refractivity contribution in [3.05, 3.63) is 59.0 Å². The highest BCUT2D eigenvalue weighted by molar-refractivity contribution is 7.89. The third-order valence-corrected chi connectivity index (χ3v) is 6.49. The lowest BCUT2D eigenvalue weighted by atomic mass is 10.3. The van der Waals surface area contributed by atoms with E-state index in [1.54, 1.807) is 22.8 Å². The first-order valence-electron chi connectivity index (χ1n) is 9.74. The monoisotopic (exact) mass is 429 g/mol. The highest BCUT2D eigenvalue weighted by Crippen LogP contribution is 2.22. The molecule has 158 valence electrons. The topological polar surface area (TPSA) is 114 Å². The van der Waals surface area contributed by atoms with E-state index in [0.29, 0.717) is 17.7 Å². The number of aromatic nitrogens is 2. The fraction of sp³-hybridized carbons (Fsp3) is 0.300. The second-order valence-corrected chi connectivity index (χ2v) is 8.91. The summed E-state index contributed by atoms with van der Waals surface area (Å²) < 4.78 is 30.0. The van der Waals surface area contributed by atoms with Gasteiger partial charge in [0.15, 0.2) is 0 Å². The Kier molecular flexibility index (Phi) is 5.35. The Bertz CT molecular complexity index is 1240. The van der Waals surface area contributed by atoms with Gasteiger partial charge in [0.05, 0.1) is 21.6 Å². The zero-order valence-corrected chi connectivity index (χ0v) is 17.3. The number of carbonyl (C=O) groups is 1. The van der Waals surface area contributed by atoms with Crippen molar-refractivity contribution < 1.29 is 13.2 Å². The Hall–Kier alpha value is -3.11. The van der Waals surface area contributed by atoms with Gasteiger partial charge in [0, 0.05) is 12.6 Å². The van der Waals surface area contributed by atoms with Crippen LogP contribution in [-0.2, 0) is 27.9 Å². The van der Waals surface area contributed by atoms with E-state index in [2.05, 4.69) is 15.6 Å². The lowest BCUT2D eigenvalue weighted by molar-refractivity contribution is -0.121. The molecule has 10 heteroatoms. The lowest BCUT2D eigenvalue weighted by Gasteiger charge is -2.10. The molecular weight excluding hydrogens is 406 g/mol. The quantitative estimate of drug-likeness (QED) is 0.469. The number of para-hydroxylation sites is 2. The van der Waals surface area contributed by atoms with Crippen molar-refractivity contribution >= 4 is 32.7 Å². The minimum absolute atomic E-state index is 0.0363. The fourth-order valence-corrected chi connectivity index (χ4v) is 4.57. The summed E-state index contributed by atoms with van der Waals surface area (Å²) in [5, 5.41) is 0. The molecule has 1 amide bonds. The molecule has 0 saturated heterocycles. The van der Waals surface area contributed by atoms with Crippen LogP contribution in [-0.4, -0.2) is 29.5 Å². The van der Waals surface area contributed by atoms with Crippen molar-refractivity contribution in [2.45, 2.75) is 43.8 Å². The molecular formula is C20H23N5O4S. The van der Waals surface area contributed by atoms with E-state index in [9.17, 15) is 18.0 Å². The molecule has 4 rings (SSSR count). The lowest BCUT2D eigenvalue weighted by Crippen LogP contribution is -2.36. The molecule has 1 aliphatic rings. The van der Waals surface area contributed by atoms with Crippen LogP contribution in [0.4, 0.5) is 5.69 Å². The molecule has 1 aliphatic carbocycles. The Morgan fingerprint density at radius 3 is 2.27 bits per heavy atom. The van der Waals surface area contributed by atoms with Gasteiger partial charge in [-0.1, -0.05) is 12.1 Å². The van der Waals surface area contributed by atoms with Gasteiger partial charge in [-0.05, 0) is 56.2 Å². The van der Waals surface area contributed by atoms with Gasteiger partial charge in [0.2, 0.25) is 10.0 Å². The van der Waals surface area contributed by atoms with E-state index in [4.69, 9.17) is 0 Å². The van der Waals surface area contributed by atoms with Crippen molar-refractivity contribution in [1.82, 2.24) is 19.3 Å². The van der Waals surface area contributed by atoms with Crippen LogP contribution in [0.1, 0.15) is 19.8 Å². The molecule has 2 aromatic carbocycles. The minimum Gasteiger partial charge on any atom is -0.299 e. The summed E-state index contributed by atoms with van der Waals surface area (Å²) in [5.41, 5.74) is 7.04. The van der Waals surface area contributed by atoms with Crippen molar-refractivity contribution in [3.63, 3.8) is 0 Å². The maximum absolute atomic E-state index is 12.6. The molecule has 1 aromatic heterocycles. The van der Waals surface area contributed by atoms with Crippen LogP contribution in [0.25, 0.3) is 11.0 Å². The van der Waals surface area contributed by atoms with Crippen LogP contribution in [0.2, 0.25) is 0 Å². The highest BCUT2D eigenvalue weighted by Gasteiger charge is 2.27. The first-order chi connectivity index (χ1) is 14.4. The number of fused-ring (bicyclic) bond motifs is 1. The number of sulfonamides is 1. The Labute approximate surface area is 173 Å². The van der Waals surface area contributed by atoms with E-state index in [-0.39, 0.29) is 23.2 Å². The molecule has 9 nitrogen and oxygen atoms in total. The molecule has 0 atom stereocenters. The molecule has 0 radical (unpaired) electrons. The number of aryl methyl sites for hydroxylation is 1. The summed E-state index contributed by atoms with van der Waals surface area (Å²) in [7, 11) is -3.52. The van der Waals surface area contributed by atoms with Crippen LogP contribution in [0.5, 0.6) is 0 Å². The number of nitrogens with one attached hydrogen (secondary N) is 3. The molecule has 1 saturated carbocycles. The Morgan fingerprint density at radius 2 is 1.67 bits per heavy atom. The number of nitrogens with zero attached hydrogens (tertiary/aromatic N) is 2. The van der Waals surface area contributed by atoms with Crippen molar-refractivity contribution in [2.24, 2.45) is 0 Å². The number of rotatable bonds is 8. The second-order valence-electron chi connectivity index (χ2n) is 7.19. The third kappa shape index (κ3) is 4.10. The van der Waals surface area contributed by atoms with Gasteiger partial charge in [-0.25, -0.2) is 17.9 Å². The zero-order chi connectivity index (χ0) is 21.3. The summed E-state index contributed by atoms with van der Waals surface area (Å²) >= 11 is 0. The zero-order valence-electron chi connectivity index (χ0n) is 16.5. The summed E-state index contributed by atoms with van der Waals surface area (Å²) in [4.78, 5) is 25.2. The number of benzene rings is 2. The Morgan fingerprint density at radius 1 is 1.03 bits per heavy atom. The largest absolute Gasteiger partial charge is 0.329 e. The van der Waals surface area contributed by atoms with E-state index >= 15 is 0 Å². The third-order valence-electron chi connectivity index (χ3n) is 4.95. The van der Waals surface area contributed by atoms with Gasteiger partial charge in [-0.3, -0.25) is 24.8 Å². The first kappa shape index (κ1) is 20.2. The predicted octanol–water partition coefficient (Wildman–Crippen LogP) is 1.41. The standard InChI is InChI=1S/C20H23N5O4S/c1-2-24-17-5-3-4-6-18(17)25(20(24)27)13-19(26)22-21-14-9-11-16(12-10-14)30(28,29)23-15-7-8-15/h3-6,9-12,15,21,23H,2,7-8,13H2,1H3,(H,22,26). The number of amides is 1. The van der Waals surface area contributed by atoms with E-state index in [1.807, 2.05) is 25.1 Å². The number of hydrazine groups is 1. The molecule has 3 N–H and O–H groups in total. The van der Waals surface area contributed by atoms with Crippen molar-refractivity contribution in [2.75, 3.05) is 5.43 Å². The smallest absolute Gasteiger partial charge is 0.299 e. The Balaban J connectivity index is 1.41. The maximum atomic E-state index is 12.6. The molecule has 0 unspecified atom stereocenters. The normalized spacial score (nSPS) is 14.0. The van der Waals surface area contributed by atoms with Crippen LogP contribution in [0.3, 0.4) is 0 Å². The molecule has 0 spiro atoms. The van der Waals surface area contributed by atoms with Gasteiger partial charge < -0.3 is 0 Å². The van der Waals surface area contributed by atoms with Gasteiger partial charge in [-0.2, -0.15) is 0 Å². The number of anilines is 1. The summed E-state index contributed by atoms with van der Waals surface area (Å²) in [6, 6.07) is 13.4. The van der Waals surface area contributed by atoms with Crippen LogP contribution < -0.4 is 21.3 Å². The number of carbonyl (C=O) groups excluding carboxylic acids is 1. The molecule has 30 heavy (non-hydrogen) atoms. The molecule has 0 aliphatic heterocycles. The van der Waals surface area contributed by atoms with E-state index in [0.717, 1.165) is 18.4 Å². The number of hydrogen-bond donors (Lipinski definition) is 3. The molecule has 1 heterocycles. The van der Waals surface area contributed by atoms with Gasteiger partial charge in [0.25, 0.3) is 5.91 Å². The summed E-state index contributed by atoms with van der Waals surface area (Å²) in [5.74, 6) is -0.400. The number of hydrogen-bond acceptors (Lipinski definition) is 5. The van der Waals surface area contributed by atoms with Crippen LogP contribution >= 0.6 is 0 Å².